The van der Waals surface area contributed by atoms with Gasteiger partial charge in [0.1, 0.15) is 11.4 Å². The van der Waals surface area contributed by atoms with Gasteiger partial charge in [-0.2, -0.15) is 0 Å². The Morgan fingerprint density at radius 2 is 1.47 bits per heavy atom. The summed E-state index contributed by atoms with van der Waals surface area (Å²) in [6.07, 6.45) is 0.576. The van der Waals surface area contributed by atoms with Crippen molar-refractivity contribution in [3.05, 3.63) is 112 Å². The lowest BCUT2D eigenvalue weighted by Gasteiger charge is -2.37. The van der Waals surface area contributed by atoms with Gasteiger partial charge < -0.3 is 10.5 Å². The number of aromatic nitrogens is 2. The lowest BCUT2D eigenvalue weighted by molar-refractivity contribution is 0.0434. The SMILES string of the molecule is CCC(c1nc2ccccc2c(=O)n1NC)C(O)(c1ccccc1)c1ccccc1. The Bertz CT molecular complexity index is 1160. The molecular weight excluding hydrogens is 374 g/mol. The smallest absolute Gasteiger partial charge is 0.279 e. The van der Waals surface area contributed by atoms with Crippen molar-refractivity contribution in [2.75, 3.05) is 12.5 Å². The van der Waals surface area contributed by atoms with Crippen molar-refractivity contribution in [2.24, 2.45) is 0 Å². The van der Waals surface area contributed by atoms with Gasteiger partial charge >= 0.3 is 0 Å². The van der Waals surface area contributed by atoms with Crippen LogP contribution in [0.15, 0.2) is 89.7 Å². The molecule has 0 radical (unpaired) electrons. The molecule has 0 spiro atoms. The molecule has 30 heavy (non-hydrogen) atoms. The van der Waals surface area contributed by atoms with Crippen LogP contribution in [0.1, 0.15) is 36.2 Å². The molecule has 1 unspecified atom stereocenters. The normalized spacial score (nSPS) is 12.6. The van der Waals surface area contributed by atoms with Gasteiger partial charge in [-0.25, -0.2) is 9.66 Å². The predicted octanol–water partition coefficient (Wildman–Crippen LogP) is 4.00. The van der Waals surface area contributed by atoms with E-state index in [0.29, 0.717) is 23.1 Å². The molecule has 0 fully saturated rings. The lowest BCUT2D eigenvalue weighted by atomic mass is 9.74. The van der Waals surface area contributed by atoms with Gasteiger partial charge in [0.2, 0.25) is 0 Å². The lowest BCUT2D eigenvalue weighted by Crippen LogP contribution is -2.40. The van der Waals surface area contributed by atoms with Crippen molar-refractivity contribution in [2.45, 2.75) is 24.9 Å². The average Bonchev–Trinajstić information content (AvgIpc) is 2.81. The highest BCUT2D eigenvalue weighted by Gasteiger charge is 2.42. The molecule has 152 valence electrons. The highest BCUT2D eigenvalue weighted by molar-refractivity contribution is 5.77. The summed E-state index contributed by atoms with van der Waals surface area (Å²) in [7, 11) is 1.69. The van der Waals surface area contributed by atoms with Gasteiger partial charge in [0, 0.05) is 7.05 Å². The first-order valence-electron chi connectivity index (χ1n) is 10.1. The van der Waals surface area contributed by atoms with Crippen LogP contribution >= 0.6 is 0 Å². The van der Waals surface area contributed by atoms with E-state index in [2.05, 4.69) is 5.43 Å². The first-order valence-corrected chi connectivity index (χ1v) is 10.1. The molecule has 0 aliphatic carbocycles. The Morgan fingerprint density at radius 1 is 0.933 bits per heavy atom. The number of rotatable bonds is 6. The van der Waals surface area contributed by atoms with Crippen molar-refractivity contribution >= 4 is 10.9 Å². The second-order valence-corrected chi connectivity index (χ2v) is 7.31. The van der Waals surface area contributed by atoms with Crippen molar-refractivity contribution < 1.29 is 5.11 Å². The molecule has 1 heterocycles. The third-order valence-electron chi connectivity index (χ3n) is 5.68. The minimum absolute atomic E-state index is 0.181. The van der Waals surface area contributed by atoms with Crippen LogP contribution in [0.2, 0.25) is 0 Å². The average molecular weight is 399 g/mol. The number of hydrogen-bond donors (Lipinski definition) is 2. The summed E-state index contributed by atoms with van der Waals surface area (Å²) in [5.74, 6) is 0.0333. The minimum Gasteiger partial charge on any atom is -0.380 e. The maximum absolute atomic E-state index is 13.2. The summed E-state index contributed by atoms with van der Waals surface area (Å²) in [4.78, 5) is 18.0. The van der Waals surface area contributed by atoms with Crippen molar-refractivity contribution in [1.29, 1.82) is 0 Å². The minimum atomic E-state index is -1.36. The summed E-state index contributed by atoms with van der Waals surface area (Å²) in [5.41, 5.74) is 3.56. The summed E-state index contributed by atoms with van der Waals surface area (Å²) < 4.78 is 1.45. The molecule has 1 atom stereocenters. The number of nitrogens with one attached hydrogen (secondary N) is 1. The van der Waals surface area contributed by atoms with E-state index in [1.54, 1.807) is 13.1 Å². The summed E-state index contributed by atoms with van der Waals surface area (Å²) in [6, 6.07) is 26.4. The van der Waals surface area contributed by atoms with Gasteiger partial charge in [0.05, 0.1) is 16.8 Å². The highest BCUT2D eigenvalue weighted by Crippen LogP contribution is 2.43. The molecule has 5 nitrogen and oxygen atoms in total. The maximum Gasteiger partial charge on any atom is 0.279 e. The van der Waals surface area contributed by atoms with E-state index < -0.39 is 11.5 Å². The Balaban J connectivity index is 2.03. The van der Waals surface area contributed by atoms with Crippen molar-refractivity contribution in [1.82, 2.24) is 9.66 Å². The Labute approximate surface area is 175 Å². The molecule has 5 heteroatoms. The number of hydrogen-bond acceptors (Lipinski definition) is 4. The van der Waals surface area contributed by atoms with Gasteiger partial charge in [0.15, 0.2) is 0 Å². The van der Waals surface area contributed by atoms with Crippen LogP contribution in [0.25, 0.3) is 10.9 Å². The fraction of sp³-hybridized carbons (Fsp3) is 0.200. The highest BCUT2D eigenvalue weighted by atomic mass is 16.3. The van der Waals surface area contributed by atoms with Crippen LogP contribution in [-0.2, 0) is 5.60 Å². The van der Waals surface area contributed by atoms with E-state index in [1.165, 1.54) is 4.68 Å². The molecule has 0 bridgehead atoms. The molecule has 4 rings (SSSR count). The third kappa shape index (κ3) is 3.17. The van der Waals surface area contributed by atoms with Gasteiger partial charge in [-0.3, -0.25) is 4.79 Å². The van der Waals surface area contributed by atoms with Crippen LogP contribution in [0.5, 0.6) is 0 Å². The van der Waals surface area contributed by atoms with Gasteiger partial charge in [-0.15, -0.1) is 0 Å². The molecule has 4 aromatic rings. The molecule has 2 N–H and O–H groups in total. The number of nitrogens with zero attached hydrogens (tertiary/aromatic N) is 2. The number of fused-ring (bicyclic) bond motifs is 1. The van der Waals surface area contributed by atoms with Crippen molar-refractivity contribution in [3.63, 3.8) is 0 Å². The largest absolute Gasteiger partial charge is 0.380 e. The van der Waals surface area contributed by atoms with Gasteiger partial charge in [0.25, 0.3) is 5.56 Å². The predicted molar refractivity (Wildman–Crippen MR) is 120 cm³/mol. The topological polar surface area (TPSA) is 67.2 Å². The fourth-order valence-corrected chi connectivity index (χ4v) is 4.22. The van der Waals surface area contributed by atoms with E-state index in [-0.39, 0.29) is 5.56 Å². The monoisotopic (exact) mass is 399 g/mol. The maximum atomic E-state index is 13.2. The Kier molecular flexibility index (Phi) is 5.38. The molecule has 1 aromatic heterocycles. The van der Waals surface area contributed by atoms with Crippen molar-refractivity contribution in [3.8, 4) is 0 Å². The van der Waals surface area contributed by atoms with E-state index in [1.807, 2.05) is 85.8 Å². The molecule has 0 saturated heterocycles. The standard InChI is InChI=1S/C25H25N3O2/c1-3-21(23-27-22-17-11-10-16-20(22)24(29)28(23)26-2)25(30,18-12-6-4-7-13-18)19-14-8-5-9-15-19/h4-17,21,26,30H,3H2,1-2H3. The van der Waals surface area contributed by atoms with Crippen LogP contribution in [0.3, 0.4) is 0 Å². The molecule has 3 aromatic carbocycles. The van der Waals surface area contributed by atoms with Crippen LogP contribution in [-0.4, -0.2) is 21.8 Å². The molecule has 0 aliphatic rings. The fourth-order valence-electron chi connectivity index (χ4n) is 4.22. The second kappa shape index (κ2) is 8.13. The summed E-state index contributed by atoms with van der Waals surface area (Å²) >= 11 is 0. The summed E-state index contributed by atoms with van der Waals surface area (Å²) in [6.45, 7) is 2.00. The molecule has 0 saturated carbocycles. The number of benzene rings is 3. The Hall–Kier alpha value is -3.44. The number of para-hydroxylation sites is 1. The first kappa shape index (κ1) is 19.9. The zero-order valence-corrected chi connectivity index (χ0v) is 17.1. The summed E-state index contributed by atoms with van der Waals surface area (Å²) in [5, 5.41) is 12.8. The van der Waals surface area contributed by atoms with E-state index >= 15 is 0 Å². The molecular formula is C25H25N3O2. The second-order valence-electron chi connectivity index (χ2n) is 7.31. The Morgan fingerprint density at radius 3 is 2.00 bits per heavy atom. The van der Waals surface area contributed by atoms with Gasteiger partial charge in [-0.05, 0) is 29.7 Å². The van der Waals surface area contributed by atoms with Crippen LogP contribution < -0.4 is 11.0 Å². The number of aliphatic hydroxyl groups is 1. The molecule has 0 aliphatic heterocycles. The van der Waals surface area contributed by atoms with E-state index in [9.17, 15) is 9.90 Å². The zero-order chi connectivity index (χ0) is 21.1. The zero-order valence-electron chi connectivity index (χ0n) is 17.1. The third-order valence-corrected chi connectivity index (χ3v) is 5.68. The first-order chi connectivity index (χ1) is 14.6. The van der Waals surface area contributed by atoms with Crippen LogP contribution in [0, 0.1) is 0 Å². The van der Waals surface area contributed by atoms with E-state index in [4.69, 9.17) is 4.98 Å². The van der Waals surface area contributed by atoms with Crippen LogP contribution in [0.4, 0.5) is 0 Å². The quantitative estimate of drug-likeness (QED) is 0.514. The van der Waals surface area contributed by atoms with E-state index in [0.717, 1.165) is 11.1 Å². The molecule has 0 amide bonds. The van der Waals surface area contributed by atoms with Gasteiger partial charge in [-0.1, -0.05) is 79.7 Å².